The van der Waals surface area contributed by atoms with Crippen LogP contribution in [0.5, 0.6) is 0 Å². The van der Waals surface area contributed by atoms with Gasteiger partial charge in [-0.3, -0.25) is 16.2 Å². The third kappa shape index (κ3) is 29.3. The largest absolute Gasteiger partial charge is 0.510 e. The fraction of sp³-hybridized carbons (Fsp3) is 0.536. The number of hydrogen-bond acceptors (Lipinski definition) is 14. The molecule has 0 radical (unpaired) electrons. The molecule has 15 heteroatoms. The number of ether oxygens (including phenoxy) is 3. The van der Waals surface area contributed by atoms with Crippen LogP contribution < -0.4 is 16.0 Å². The molecule has 0 saturated heterocycles. The van der Waals surface area contributed by atoms with E-state index < -0.39 is 36.0 Å². The van der Waals surface area contributed by atoms with Crippen LogP contribution >= 0.6 is 0 Å². The minimum atomic E-state index is -0.675. The van der Waals surface area contributed by atoms with Crippen LogP contribution in [0.25, 0.3) is 0 Å². The van der Waals surface area contributed by atoms with Crippen molar-refractivity contribution < 1.29 is 70.6 Å². The summed E-state index contributed by atoms with van der Waals surface area (Å²) in [5.41, 5.74) is 0.450. The molecule has 0 aliphatic heterocycles. The summed E-state index contributed by atoms with van der Waals surface area (Å²) in [6.07, 6.45) is 3.32. The molecule has 248 valence electrons. The summed E-state index contributed by atoms with van der Waals surface area (Å²) in [7, 11) is 0. The van der Waals surface area contributed by atoms with Crippen LogP contribution in [0.3, 0.4) is 0 Å². The van der Waals surface area contributed by atoms with Gasteiger partial charge in [0.1, 0.15) is 18.1 Å². The predicted molar refractivity (Wildman–Crippen MR) is 155 cm³/mol. The summed E-state index contributed by atoms with van der Waals surface area (Å²) in [6, 6.07) is -1.94. The Bertz CT molecular complexity index is 871. The Kier molecular flexibility index (Phi) is 28.8. The Morgan fingerprint density at radius 1 is 0.605 bits per heavy atom. The van der Waals surface area contributed by atoms with Crippen molar-refractivity contribution in [3.05, 3.63) is 48.0 Å². The summed E-state index contributed by atoms with van der Waals surface area (Å²) in [5, 5.41) is 34.9. The first-order valence-electron chi connectivity index (χ1n) is 13.0. The van der Waals surface area contributed by atoms with E-state index in [2.05, 4.69) is 25.4 Å². The van der Waals surface area contributed by atoms with E-state index in [0.29, 0.717) is 12.2 Å². The van der Waals surface area contributed by atoms with Crippen LogP contribution in [0, 0.1) is 6.58 Å². The van der Waals surface area contributed by atoms with Crippen LogP contribution in [-0.4, -0.2) is 82.7 Å². The maximum Gasteiger partial charge on any atom is 0.328 e. The van der Waals surface area contributed by atoms with Crippen molar-refractivity contribution in [2.24, 2.45) is 0 Å². The van der Waals surface area contributed by atoms with E-state index >= 15 is 0 Å². The first kappa shape index (κ1) is 46.0. The SMILES string of the molecule is CCOC(=O)[C@H](C)NC(O)=CC(C)=O.CCOC(=O)[C@H](C)NC(O)=CC(C)=O.[CH-]=C(C)C=C(O)N[C@@H](C)C(=O)OCC.[Fe]. The number of allylic oxidation sites excluding steroid dienone is 4. The van der Waals surface area contributed by atoms with Crippen LogP contribution in [0.15, 0.2) is 41.5 Å². The van der Waals surface area contributed by atoms with E-state index in [9.17, 15) is 29.1 Å². The molecule has 0 saturated carbocycles. The molecule has 0 aromatic rings. The number of rotatable bonds is 15. The first-order chi connectivity index (χ1) is 19.4. The smallest absolute Gasteiger partial charge is 0.328 e. The van der Waals surface area contributed by atoms with E-state index in [4.69, 9.17) is 21.5 Å². The van der Waals surface area contributed by atoms with E-state index in [1.165, 1.54) is 33.8 Å². The standard InChI is InChI=1S/C10H16NO3.2C9H15NO4.Fe/c1-5-14-10(13)8(4)11-9(12)6-7(2)3;2*1-4-14-9(13)7(3)10-8(12)5-6(2)11;/h2,6,8,11-12H,5H2,1,3-4H3;2*5,7,10,12H,4H2,1-3H3;/q-1;;;/t8-;2*7-;/m000./s1. The van der Waals surface area contributed by atoms with Crippen molar-refractivity contribution in [2.45, 2.75) is 80.4 Å². The zero-order valence-electron chi connectivity index (χ0n) is 26.1. The molecule has 0 aliphatic carbocycles. The predicted octanol–water partition coefficient (Wildman–Crippen LogP) is 2.34. The van der Waals surface area contributed by atoms with Crippen molar-refractivity contribution in [2.75, 3.05) is 19.8 Å². The third-order valence-corrected chi connectivity index (χ3v) is 4.06. The number of hydrogen-bond donors (Lipinski definition) is 6. The minimum absolute atomic E-state index is 0. The summed E-state index contributed by atoms with van der Waals surface area (Å²) in [4.78, 5) is 54.3. The summed E-state index contributed by atoms with van der Waals surface area (Å²) in [5.74, 6) is -2.78. The molecule has 3 atom stereocenters. The monoisotopic (exact) mass is 656 g/mol. The average Bonchev–Trinajstić information content (AvgIpc) is 2.83. The van der Waals surface area contributed by atoms with Crippen molar-refractivity contribution in [1.29, 1.82) is 0 Å². The van der Waals surface area contributed by atoms with Gasteiger partial charge in [-0.2, -0.15) is 0 Å². The van der Waals surface area contributed by atoms with Crippen molar-refractivity contribution in [3.8, 4) is 0 Å². The minimum Gasteiger partial charge on any atom is -0.510 e. The summed E-state index contributed by atoms with van der Waals surface area (Å²) >= 11 is 0. The van der Waals surface area contributed by atoms with Gasteiger partial charge in [0.25, 0.3) is 0 Å². The van der Waals surface area contributed by atoms with Crippen LogP contribution in [0.4, 0.5) is 0 Å². The van der Waals surface area contributed by atoms with E-state index in [1.807, 2.05) is 0 Å². The second-order valence-electron chi connectivity index (χ2n) is 8.41. The second-order valence-corrected chi connectivity index (χ2v) is 8.41. The molecule has 43 heavy (non-hydrogen) atoms. The molecule has 0 heterocycles. The van der Waals surface area contributed by atoms with Gasteiger partial charge in [-0.25, -0.2) is 20.0 Å². The number of nitrogens with one attached hydrogen (secondary N) is 3. The normalized spacial score (nSPS) is 12.9. The van der Waals surface area contributed by atoms with Gasteiger partial charge in [-0.05, 0) is 55.4 Å². The Morgan fingerprint density at radius 2 is 0.837 bits per heavy atom. The molecule has 0 unspecified atom stereocenters. The van der Waals surface area contributed by atoms with Gasteiger partial charge in [-0.1, -0.05) is 6.92 Å². The van der Waals surface area contributed by atoms with Gasteiger partial charge in [0.05, 0.1) is 25.7 Å². The number of aliphatic hydroxyl groups is 3. The zero-order valence-corrected chi connectivity index (χ0v) is 27.2. The number of carbonyl (C=O) groups excluding carboxylic acids is 5. The van der Waals surface area contributed by atoms with E-state index in [1.54, 1.807) is 34.6 Å². The van der Waals surface area contributed by atoms with Crippen LogP contribution in [0.2, 0.25) is 0 Å². The molecule has 0 bridgehead atoms. The molecule has 0 aromatic carbocycles. The molecule has 0 rings (SSSR count). The zero-order chi connectivity index (χ0) is 33.4. The molecular weight excluding hydrogens is 610 g/mol. The molecule has 0 spiro atoms. The number of aliphatic hydroxyl groups excluding tert-OH is 3. The Hall–Kier alpha value is -3.97. The second kappa shape index (κ2) is 26.9. The number of ketones is 2. The molecule has 0 aromatic heterocycles. The van der Waals surface area contributed by atoms with Gasteiger partial charge >= 0.3 is 17.9 Å². The van der Waals surface area contributed by atoms with E-state index in [-0.39, 0.29) is 59.5 Å². The maximum absolute atomic E-state index is 11.1. The fourth-order valence-electron chi connectivity index (χ4n) is 2.37. The number of esters is 3. The van der Waals surface area contributed by atoms with Gasteiger partial charge in [0.15, 0.2) is 23.3 Å². The van der Waals surface area contributed by atoms with Crippen molar-refractivity contribution >= 4 is 29.5 Å². The van der Waals surface area contributed by atoms with Crippen LogP contribution in [-0.2, 0) is 55.3 Å². The average molecular weight is 657 g/mol. The van der Waals surface area contributed by atoms with Gasteiger partial charge in [-0.15, -0.1) is 6.08 Å². The Balaban J connectivity index is -0.000000262. The molecule has 0 aliphatic rings. The van der Waals surface area contributed by atoms with Crippen LogP contribution in [0.1, 0.15) is 62.3 Å². The third-order valence-electron chi connectivity index (χ3n) is 4.06. The quantitative estimate of drug-likeness (QED) is 0.0284. The van der Waals surface area contributed by atoms with Gasteiger partial charge < -0.3 is 45.5 Å². The Morgan fingerprint density at radius 3 is 1.02 bits per heavy atom. The molecule has 0 fully saturated rings. The topological polar surface area (TPSA) is 210 Å². The molecule has 14 nitrogen and oxygen atoms in total. The Labute approximate surface area is 264 Å². The molecule has 0 amide bonds. The van der Waals surface area contributed by atoms with E-state index in [0.717, 1.165) is 12.2 Å². The number of carbonyl (C=O) groups is 5. The van der Waals surface area contributed by atoms with Crippen molar-refractivity contribution in [1.82, 2.24) is 16.0 Å². The summed E-state index contributed by atoms with van der Waals surface area (Å²) in [6.45, 7) is 20.2. The summed E-state index contributed by atoms with van der Waals surface area (Å²) < 4.78 is 14.1. The molecule has 6 N–H and O–H groups in total. The molecular formula is C28H46FeN3O11-. The fourth-order valence-corrected chi connectivity index (χ4v) is 2.37. The maximum atomic E-state index is 11.1. The van der Waals surface area contributed by atoms with Gasteiger partial charge in [0, 0.05) is 29.2 Å². The first-order valence-corrected chi connectivity index (χ1v) is 13.0. The van der Waals surface area contributed by atoms with Gasteiger partial charge in [0.2, 0.25) is 0 Å². The van der Waals surface area contributed by atoms with Crippen molar-refractivity contribution in [3.63, 3.8) is 0 Å².